The summed E-state index contributed by atoms with van der Waals surface area (Å²) in [6.07, 6.45) is 2.85. The summed E-state index contributed by atoms with van der Waals surface area (Å²) < 4.78 is 11.2. The lowest BCUT2D eigenvalue weighted by Crippen LogP contribution is -2.45. The van der Waals surface area contributed by atoms with E-state index in [1.54, 1.807) is 6.92 Å². The SMILES string of the molecule is Cc1nnc(C(C)N2CCC3CCC(C2)N3C(=O)OC(C)(C)C)o1. The maximum Gasteiger partial charge on any atom is 0.410 e. The number of hydrogen-bond acceptors (Lipinski definition) is 6. The van der Waals surface area contributed by atoms with Crippen LogP contribution in [0.25, 0.3) is 0 Å². The topological polar surface area (TPSA) is 71.7 Å². The molecule has 0 radical (unpaired) electrons. The second-order valence-corrected chi connectivity index (χ2v) is 7.89. The quantitative estimate of drug-likeness (QED) is 0.827. The highest BCUT2D eigenvalue weighted by Crippen LogP contribution is 2.34. The molecule has 0 aliphatic carbocycles. The standard InChI is InChI=1S/C17H28N4O3/c1-11(15-19-18-12(2)23-15)20-9-8-13-6-7-14(10-20)21(13)16(22)24-17(3,4)5/h11,13-14H,6-10H2,1-5H3. The summed E-state index contributed by atoms with van der Waals surface area (Å²) in [6, 6.07) is 0.524. The number of carbonyl (C=O) groups is 1. The number of nitrogens with zero attached hydrogens (tertiary/aromatic N) is 4. The van der Waals surface area contributed by atoms with Crippen LogP contribution in [0.4, 0.5) is 4.79 Å². The first kappa shape index (κ1) is 17.2. The first-order chi connectivity index (χ1) is 11.2. The number of likely N-dealkylation sites (tertiary alicyclic amines) is 1. The van der Waals surface area contributed by atoms with Gasteiger partial charge in [0.1, 0.15) is 5.60 Å². The largest absolute Gasteiger partial charge is 0.444 e. The summed E-state index contributed by atoms with van der Waals surface area (Å²) in [5.41, 5.74) is -0.461. The van der Waals surface area contributed by atoms with Gasteiger partial charge in [-0.15, -0.1) is 10.2 Å². The molecular formula is C17H28N4O3. The van der Waals surface area contributed by atoms with E-state index in [9.17, 15) is 4.79 Å². The van der Waals surface area contributed by atoms with Crippen LogP contribution in [0.15, 0.2) is 4.42 Å². The van der Waals surface area contributed by atoms with E-state index in [-0.39, 0.29) is 24.2 Å². The van der Waals surface area contributed by atoms with Gasteiger partial charge in [-0.05, 0) is 47.0 Å². The first-order valence-electron chi connectivity index (χ1n) is 8.80. The lowest BCUT2D eigenvalue weighted by molar-refractivity contribution is 0.0148. The Morgan fingerprint density at radius 3 is 2.58 bits per heavy atom. The highest BCUT2D eigenvalue weighted by Gasteiger charge is 2.43. The lowest BCUT2D eigenvalue weighted by atomic mass is 10.1. The predicted octanol–water partition coefficient (Wildman–Crippen LogP) is 2.91. The van der Waals surface area contributed by atoms with E-state index in [2.05, 4.69) is 22.0 Å². The van der Waals surface area contributed by atoms with Gasteiger partial charge in [-0.3, -0.25) is 4.90 Å². The zero-order chi connectivity index (χ0) is 17.5. The van der Waals surface area contributed by atoms with Gasteiger partial charge in [-0.2, -0.15) is 0 Å². The Hall–Kier alpha value is -1.63. The highest BCUT2D eigenvalue weighted by molar-refractivity contribution is 5.69. The first-order valence-corrected chi connectivity index (χ1v) is 8.80. The van der Waals surface area contributed by atoms with E-state index < -0.39 is 5.60 Å². The fraction of sp³-hybridized carbons (Fsp3) is 0.824. The van der Waals surface area contributed by atoms with Gasteiger partial charge >= 0.3 is 6.09 Å². The van der Waals surface area contributed by atoms with Crippen LogP contribution in [0, 0.1) is 6.92 Å². The normalized spacial score (nSPS) is 26.3. The van der Waals surface area contributed by atoms with Crippen molar-refractivity contribution in [1.82, 2.24) is 20.0 Å². The van der Waals surface area contributed by atoms with Crippen molar-refractivity contribution in [3.63, 3.8) is 0 Å². The van der Waals surface area contributed by atoms with Crippen molar-refractivity contribution in [1.29, 1.82) is 0 Å². The predicted molar refractivity (Wildman–Crippen MR) is 88.5 cm³/mol. The Morgan fingerprint density at radius 1 is 1.25 bits per heavy atom. The molecule has 24 heavy (non-hydrogen) atoms. The van der Waals surface area contributed by atoms with Crippen molar-refractivity contribution >= 4 is 6.09 Å². The molecule has 2 saturated heterocycles. The fourth-order valence-corrected chi connectivity index (χ4v) is 3.70. The van der Waals surface area contributed by atoms with E-state index in [0.717, 1.165) is 32.4 Å². The third-order valence-corrected chi connectivity index (χ3v) is 4.87. The van der Waals surface area contributed by atoms with Gasteiger partial charge in [-0.1, -0.05) is 0 Å². The smallest absolute Gasteiger partial charge is 0.410 e. The van der Waals surface area contributed by atoms with E-state index >= 15 is 0 Å². The molecule has 2 bridgehead atoms. The molecule has 0 N–H and O–H groups in total. The van der Waals surface area contributed by atoms with Crippen molar-refractivity contribution in [2.45, 2.75) is 77.6 Å². The minimum absolute atomic E-state index is 0.0611. The molecule has 7 heteroatoms. The fourth-order valence-electron chi connectivity index (χ4n) is 3.70. The summed E-state index contributed by atoms with van der Waals surface area (Å²) in [6.45, 7) is 11.4. The zero-order valence-corrected chi connectivity index (χ0v) is 15.3. The lowest BCUT2D eigenvalue weighted by Gasteiger charge is -2.32. The molecule has 2 aliphatic rings. The van der Waals surface area contributed by atoms with Crippen LogP contribution in [-0.2, 0) is 4.74 Å². The molecule has 0 aromatic carbocycles. The Kier molecular flexibility index (Phi) is 4.55. The van der Waals surface area contributed by atoms with Gasteiger partial charge in [0.05, 0.1) is 6.04 Å². The third-order valence-electron chi connectivity index (χ3n) is 4.87. The minimum atomic E-state index is -0.461. The van der Waals surface area contributed by atoms with Crippen LogP contribution >= 0.6 is 0 Å². The van der Waals surface area contributed by atoms with Gasteiger partial charge in [0.25, 0.3) is 0 Å². The van der Waals surface area contributed by atoms with E-state index in [1.807, 2.05) is 25.7 Å². The molecule has 3 rings (SSSR count). The van der Waals surface area contributed by atoms with Crippen LogP contribution in [0.2, 0.25) is 0 Å². The Balaban J connectivity index is 1.71. The maximum atomic E-state index is 12.6. The van der Waals surface area contributed by atoms with Gasteiger partial charge in [-0.25, -0.2) is 4.79 Å². The molecule has 134 valence electrons. The molecule has 7 nitrogen and oxygen atoms in total. The Bertz CT molecular complexity index is 595. The average molecular weight is 336 g/mol. The van der Waals surface area contributed by atoms with Gasteiger partial charge in [0, 0.05) is 32.1 Å². The third kappa shape index (κ3) is 3.55. The van der Waals surface area contributed by atoms with Crippen molar-refractivity contribution in [2.24, 2.45) is 0 Å². The van der Waals surface area contributed by atoms with Crippen LogP contribution < -0.4 is 0 Å². The average Bonchev–Trinajstić information content (AvgIpc) is 2.99. The van der Waals surface area contributed by atoms with E-state index in [4.69, 9.17) is 9.15 Å². The van der Waals surface area contributed by atoms with Crippen LogP contribution in [0.3, 0.4) is 0 Å². The molecule has 0 saturated carbocycles. The second kappa shape index (κ2) is 6.35. The van der Waals surface area contributed by atoms with Gasteiger partial charge in [0.15, 0.2) is 0 Å². The number of carbonyl (C=O) groups excluding carboxylic acids is 1. The zero-order valence-electron chi connectivity index (χ0n) is 15.3. The van der Waals surface area contributed by atoms with Crippen molar-refractivity contribution < 1.29 is 13.9 Å². The second-order valence-electron chi connectivity index (χ2n) is 7.89. The molecule has 3 unspecified atom stereocenters. The molecule has 2 fully saturated rings. The summed E-state index contributed by atoms with van der Waals surface area (Å²) in [5, 5.41) is 8.08. The summed E-state index contributed by atoms with van der Waals surface area (Å²) >= 11 is 0. The van der Waals surface area contributed by atoms with Crippen molar-refractivity contribution in [2.75, 3.05) is 13.1 Å². The van der Waals surface area contributed by atoms with Crippen LogP contribution in [-0.4, -0.2) is 56.9 Å². The molecule has 3 heterocycles. The molecular weight excluding hydrogens is 308 g/mol. The number of rotatable bonds is 2. The van der Waals surface area contributed by atoms with E-state index in [1.165, 1.54) is 0 Å². The van der Waals surface area contributed by atoms with Crippen molar-refractivity contribution in [3.05, 3.63) is 11.8 Å². The van der Waals surface area contributed by atoms with Crippen molar-refractivity contribution in [3.8, 4) is 0 Å². The summed E-state index contributed by atoms with van der Waals surface area (Å²) in [5.74, 6) is 1.23. The number of aryl methyl sites for hydroxylation is 1. The van der Waals surface area contributed by atoms with Crippen LogP contribution in [0.5, 0.6) is 0 Å². The Morgan fingerprint density at radius 2 is 1.96 bits per heavy atom. The van der Waals surface area contributed by atoms with Crippen LogP contribution in [0.1, 0.15) is 64.8 Å². The number of aromatic nitrogens is 2. The minimum Gasteiger partial charge on any atom is -0.444 e. The van der Waals surface area contributed by atoms with Gasteiger partial charge < -0.3 is 14.1 Å². The highest BCUT2D eigenvalue weighted by atomic mass is 16.6. The molecule has 2 aliphatic heterocycles. The molecule has 0 spiro atoms. The number of hydrogen-bond donors (Lipinski definition) is 0. The molecule has 1 aromatic rings. The number of ether oxygens (including phenoxy) is 1. The van der Waals surface area contributed by atoms with Gasteiger partial charge in [0.2, 0.25) is 11.8 Å². The number of amides is 1. The number of fused-ring (bicyclic) bond motifs is 2. The molecule has 1 amide bonds. The monoisotopic (exact) mass is 336 g/mol. The van der Waals surface area contributed by atoms with E-state index in [0.29, 0.717) is 11.8 Å². The molecule has 3 atom stereocenters. The Labute approximate surface area is 143 Å². The summed E-state index contributed by atoms with van der Waals surface area (Å²) in [7, 11) is 0. The summed E-state index contributed by atoms with van der Waals surface area (Å²) in [4.78, 5) is 16.9. The molecule has 1 aromatic heterocycles. The maximum absolute atomic E-state index is 12.6.